The van der Waals surface area contributed by atoms with Gasteiger partial charge in [0.05, 0.1) is 11.5 Å². The quantitative estimate of drug-likeness (QED) is 0.300. The molecule has 2 aliphatic carbocycles. The zero-order valence-corrected chi connectivity index (χ0v) is 21.2. The molecule has 2 saturated carbocycles. The van der Waals surface area contributed by atoms with Crippen molar-refractivity contribution in [2.45, 2.75) is 135 Å². The minimum atomic E-state index is -0.228. The SMILES string of the molecule is CCCCCCCC1CCC(C2CCC(C#N)(c3ccc(CCCCC)cc3)CC2)CC1. The summed E-state index contributed by atoms with van der Waals surface area (Å²) >= 11 is 0. The third kappa shape index (κ3) is 7.10. The van der Waals surface area contributed by atoms with Crippen LogP contribution in [-0.4, -0.2) is 0 Å². The molecule has 0 heterocycles. The molecule has 0 radical (unpaired) electrons. The van der Waals surface area contributed by atoms with E-state index in [0.29, 0.717) is 0 Å². The summed E-state index contributed by atoms with van der Waals surface area (Å²) in [6.45, 7) is 4.57. The molecule has 1 aromatic carbocycles. The van der Waals surface area contributed by atoms with Gasteiger partial charge in [-0.3, -0.25) is 0 Å². The highest BCUT2D eigenvalue weighted by atomic mass is 14.5. The Balaban J connectivity index is 1.43. The minimum absolute atomic E-state index is 0.228. The molecule has 0 aromatic heterocycles. The van der Waals surface area contributed by atoms with Gasteiger partial charge in [0.15, 0.2) is 0 Å². The van der Waals surface area contributed by atoms with Crippen molar-refractivity contribution in [3.8, 4) is 6.07 Å². The number of hydrogen-bond donors (Lipinski definition) is 0. The van der Waals surface area contributed by atoms with Crippen molar-refractivity contribution in [1.82, 2.24) is 0 Å². The molecule has 0 atom stereocenters. The predicted octanol–water partition coefficient (Wildman–Crippen LogP) is 9.54. The van der Waals surface area contributed by atoms with E-state index in [9.17, 15) is 5.26 Å². The third-order valence-electron chi connectivity index (χ3n) is 8.95. The summed E-state index contributed by atoms with van der Waals surface area (Å²) in [5.41, 5.74) is 2.49. The second-order valence-electron chi connectivity index (χ2n) is 11.2. The van der Waals surface area contributed by atoms with Crippen LogP contribution >= 0.6 is 0 Å². The Morgan fingerprint density at radius 3 is 1.97 bits per heavy atom. The minimum Gasteiger partial charge on any atom is -0.197 e. The lowest BCUT2D eigenvalue weighted by molar-refractivity contribution is 0.143. The number of rotatable bonds is 12. The fraction of sp³-hybridized carbons (Fsp3) is 0.774. The van der Waals surface area contributed by atoms with Gasteiger partial charge in [0.2, 0.25) is 0 Å². The van der Waals surface area contributed by atoms with E-state index in [1.807, 2.05) is 0 Å². The predicted molar refractivity (Wildman–Crippen MR) is 138 cm³/mol. The molecule has 2 fully saturated rings. The normalized spacial score (nSPS) is 28.3. The molecule has 178 valence electrons. The Morgan fingerprint density at radius 1 is 0.750 bits per heavy atom. The van der Waals surface area contributed by atoms with Gasteiger partial charge in [-0.05, 0) is 80.2 Å². The molecule has 0 bridgehead atoms. The zero-order valence-electron chi connectivity index (χ0n) is 21.2. The monoisotopic (exact) mass is 435 g/mol. The van der Waals surface area contributed by atoms with Crippen LogP contribution in [0.4, 0.5) is 0 Å². The van der Waals surface area contributed by atoms with E-state index in [4.69, 9.17) is 0 Å². The van der Waals surface area contributed by atoms with Crippen LogP contribution in [0.5, 0.6) is 0 Å². The van der Waals surface area contributed by atoms with Crippen LogP contribution in [0.3, 0.4) is 0 Å². The maximum atomic E-state index is 10.2. The maximum absolute atomic E-state index is 10.2. The van der Waals surface area contributed by atoms with Crippen molar-refractivity contribution >= 4 is 0 Å². The largest absolute Gasteiger partial charge is 0.197 e. The second kappa shape index (κ2) is 13.4. The highest BCUT2D eigenvalue weighted by Crippen LogP contribution is 2.47. The van der Waals surface area contributed by atoms with Gasteiger partial charge < -0.3 is 0 Å². The lowest BCUT2D eigenvalue weighted by atomic mass is 9.62. The molecule has 0 aliphatic heterocycles. The maximum Gasteiger partial charge on any atom is 0.0822 e. The first kappa shape index (κ1) is 25.3. The van der Waals surface area contributed by atoms with Gasteiger partial charge in [0, 0.05) is 0 Å². The van der Waals surface area contributed by atoms with Crippen LogP contribution in [0.1, 0.15) is 134 Å². The fourth-order valence-corrected chi connectivity index (χ4v) is 6.62. The van der Waals surface area contributed by atoms with Crippen LogP contribution in [0.15, 0.2) is 24.3 Å². The van der Waals surface area contributed by atoms with Crippen molar-refractivity contribution in [1.29, 1.82) is 5.26 Å². The summed E-state index contributed by atoms with van der Waals surface area (Å²) in [5, 5.41) is 10.2. The Hall–Kier alpha value is -1.29. The Bertz CT molecular complexity index is 665. The van der Waals surface area contributed by atoms with Crippen molar-refractivity contribution in [3.05, 3.63) is 35.4 Å². The smallest absolute Gasteiger partial charge is 0.0822 e. The first-order chi connectivity index (χ1) is 15.7. The van der Waals surface area contributed by atoms with Crippen molar-refractivity contribution in [2.24, 2.45) is 17.8 Å². The first-order valence-electron chi connectivity index (χ1n) is 14.2. The average Bonchev–Trinajstić information content (AvgIpc) is 2.85. The lowest BCUT2D eigenvalue weighted by Gasteiger charge is -2.41. The van der Waals surface area contributed by atoms with Gasteiger partial charge in [-0.25, -0.2) is 0 Å². The van der Waals surface area contributed by atoms with Gasteiger partial charge in [-0.2, -0.15) is 5.26 Å². The topological polar surface area (TPSA) is 23.8 Å². The molecule has 1 aromatic rings. The Morgan fingerprint density at radius 2 is 1.34 bits per heavy atom. The lowest BCUT2D eigenvalue weighted by Crippen LogP contribution is -2.33. The van der Waals surface area contributed by atoms with E-state index in [2.05, 4.69) is 44.2 Å². The summed E-state index contributed by atoms with van der Waals surface area (Å²) in [5.74, 6) is 2.81. The number of nitrogens with zero attached hydrogens (tertiary/aromatic N) is 1. The number of hydrogen-bond acceptors (Lipinski definition) is 1. The third-order valence-corrected chi connectivity index (χ3v) is 8.95. The number of aryl methyl sites for hydroxylation is 1. The van der Waals surface area contributed by atoms with Gasteiger partial charge in [0.25, 0.3) is 0 Å². The molecular weight excluding hydrogens is 386 g/mol. The second-order valence-corrected chi connectivity index (χ2v) is 11.2. The fourth-order valence-electron chi connectivity index (χ4n) is 6.62. The molecule has 0 unspecified atom stereocenters. The van der Waals surface area contributed by atoms with Crippen LogP contribution in [0, 0.1) is 29.1 Å². The van der Waals surface area contributed by atoms with Crippen molar-refractivity contribution in [3.63, 3.8) is 0 Å². The van der Waals surface area contributed by atoms with Crippen molar-refractivity contribution in [2.75, 3.05) is 0 Å². The van der Waals surface area contributed by atoms with Crippen LogP contribution in [0.2, 0.25) is 0 Å². The zero-order chi connectivity index (χ0) is 22.7. The Kier molecular flexibility index (Phi) is 10.6. The Labute approximate surface area is 199 Å². The molecule has 3 rings (SSSR count). The molecule has 32 heavy (non-hydrogen) atoms. The number of nitriles is 1. The molecule has 2 aliphatic rings. The van der Waals surface area contributed by atoms with Gasteiger partial charge >= 0.3 is 0 Å². The van der Waals surface area contributed by atoms with Crippen molar-refractivity contribution < 1.29 is 0 Å². The summed E-state index contributed by atoms with van der Waals surface area (Å²) in [6.07, 6.45) is 24.2. The average molecular weight is 436 g/mol. The first-order valence-corrected chi connectivity index (χ1v) is 14.2. The van der Waals surface area contributed by atoms with E-state index in [-0.39, 0.29) is 5.41 Å². The molecule has 0 saturated heterocycles. The number of benzene rings is 1. The highest BCUT2D eigenvalue weighted by molar-refractivity contribution is 5.35. The molecule has 0 N–H and O–H groups in total. The summed E-state index contributed by atoms with van der Waals surface area (Å²) in [7, 11) is 0. The molecule has 0 spiro atoms. The van der Waals surface area contributed by atoms with E-state index in [1.165, 1.54) is 114 Å². The standard InChI is InChI=1S/C31H49N/c1-3-5-7-8-10-12-26-13-17-28(18-14-26)29-21-23-31(25-32,24-22-29)30-19-15-27(16-20-30)11-9-6-4-2/h15-16,19-20,26,28-29H,3-14,17-18,21-24H2,1-2H3. The van der Waals surface area contributed by atoms with E-state index in [0.717, 1.165) is 30.6 Å². The molecular formula is C31H49N. The van der Waals surface area contributed by atoms with Crippen LogP contribution < -0.4 is 0 Å². The molecule has 1 heteroatoms. The van der Waals surface area contributed by atoms with E-state index >= 15 is 0 Å². The van der Waals surface area contributed by atoms with E-state index < -0.39 is 0 Å². The van der Waals surface area contributed by atoms with Gasteiger partial charge in [-0.1, -0.05) is 102 Å². The molecule has 1 nitrogen and oxygen atoms in total. The van der Waals surface area contributed by atoms with Crippen LogP contribution in [0.25, 0.3) is 0 Å². The summed E-state index contributed by atoms with van der Waals surface area (Å²) < 4.78 is 0. The summed E-state index contributed by atoms with van der Waals surface area (Å²) in [4.78, 5) is 0. The van der Waals surface area contributed by atoms with Gasteiger partial charge in [-0.15, -0.1) is 0 Å². The van der Waals surface area contributed by atoms with Gasteiger partial charge in [0.1, 0.15) is 0 Å². The van der Waals surface area contributed by atoms with Crippen LogP contribution in [-0.2, 0) is 11.8 Å². The number of unbranched alkanes of at least 4 members (excludes halogenated alkanes) is 6. The molecule has 0 amide bonds. The van der Waals surface area contributed by atoms with E-state index in [1.54, 1.807) is 0 Å². The summed E-state index contributed by atoms with van der Waals surface area (Å²) in [6, 6.07) is 11.9. The highest BCUT2D eigenvalue weighted by Gasteiger charge is 2.39.